The molecule has 0 fully saturated rings. The third kappa shape index (κ3) is 6.02. The number of carbonyl (C=O) groups excluding carboxylic acids is 1. The van der Waals surface area contributed by atoms with Gasteiger partial charge in [-0.2, -0.15) is 0 Å². The van der Waals surface area contributed by atoms with Gasteiger partial charge in [0.2, 0.25) is 11.2 Å². The average molecular weight is 508 g/mol. The van der Waals surface area contributed by atoms with E-state index in [9.17, 15) is 9.59 Å². The second kappa shape index (κ2) is 11.3. The number of benzene rings is 4. The lowest BCUT2D eigenvalue weighted by molar-refractivity contribution is -0.118. The predicted octanol–water partition coefficient (Wildman–Crippen LogP) is 6.96. The molecule has 7 nitrogen and oxygen atoms in total. The molecule has 7 heteroatoms. The fourth-order valence-corrected chi connectivity index (χ4v) is 3.75. The van der Waals surface area contributed by atoms with Crippen molar-refractivity contribution in [1.82, 2.24) is 0 Å². The molecular formula is C31H25NO6. The van der Waals surface area contributed by atoms with E-state index in [0.717, 1.165) is 12.2 Å². The van der Waals surface area contributed by atoms with Crippen LogP contribution < -0.4 is 25.0 Å². The van der Waals surface area contributed by atoms with Crippen LogP contribution in [0.4, 0.5) is 5.69 Å². The number of ether oxygens (including phenoxy) is 3. The molecule has 0 unspecified atom stereocenters. The van der Waals surface area contributed by atoms with Crippen LogP contribution in [-0.4, -0.2) is 12.5 Å². The Kier molecular flexibility index (Phi) is 7.36. The Bertz CT molecular complexity index is 1590. The van der Waals surface area contributed by atoms with Gasteiger partial charge in [-0.1, -0.05) is 37.3 Å². The van der Waals surface area contributed by atoms with Gasteiger partial charge in [-0.3, -0.25) is 9.59 Å². The quantitative estimate of drug-likeness (QED) is 0.232. The van der Waals surface area contributed by atoms with Crippen LogP contribution in [0.3, 0.4) is 0 Å². The van der Waals surface area contributed by atoms with Gasteiger partial charge in [0.15, 0.2) is 6.61 Å². The van der Waals surface area contributed by atoms with Gasteiger partial charge in [-0.15, -0.1) is 0 Å². The maximum Gasteiger partial charge on any atom is 0.262 e. The van der Waals surface area contributed by atoms with Crippen molar-refractivity contribution in [2.75, 3.05) is 11.9 Å². The van der Waals surface area contributed by atoms with E-state index in [0.29, 0.717) is 33.9 Å². The van der Waals surface area contributed by atoms with Crippen LogP contribution in [0.5, 0.6) is 28.7 Å². The number of amides is 1. The Morgan fingerprint density at radius 1 is 0.789 bits per heavy atom. The summed E-state index contributed by atoms with van der Waals surface area (Å²) in [5.41, 5.74) is 1.82. The summed E-state index contributed by atoms with van der Waals surface area (Å²) in [6.45, 7) is 1.85. The molecule has 1 N–H and O–H groups in total. The van der Waals surface area contributed by atoms with E-state index in [2.05, 4.69) is 12.2 Å². The first-order valence-corrected chi connectivity index (χ1v) is 12.2. The van der Waals surface area contributed by atoms with E-state index in [-0.39, 0.29) is 23.7 Å². The largest absolute Gasteiger partial charge is 0.484 e. The maximum atomic E-state index is 12.9. The molecule has 4 aromatic carbocycles. The van der Waals surface area contributed by atoms with E-state index in [4.69, 9.17) is 18.6 Å². The lowest BCUT2D eigenvalue weighted by atomic mass is 10.2. The number of aryl methyl sites for hydroxylation is 1. The third-order valence-corrected chi connectivity index (χ3v) is 5.76. The molecule has 0 radical (unpaired) electrons. The molecule has 0 aliphatic rings. The van der Waals surface area contributed by atoms with E-state index < -0.39 is 0 Å². The van der Waals surface area contributed by atoms with Crippen molar-refractivity contribution in [3.05, 3.63) is 119 Å². The molecule has 0 atom stereocenters. The van der Waals surface area contributed by atoms with Gasteiger partial charge in [0, 0.05) is 11.8 Å². The highest BCUT2D eigenvalue weighted by atomic mass is 16.5. The normalized spacial score (nSPS) is 10.7. The molecule has 38 heavy (non-hydrogen) atoms. The van der Waals surface area contributed by atoms with Crippen LogP contribution in [-0.2, 0) is 11.2 Å². The highest BCUT2D eigenvalue weighted by Crippen LogP contribution is 2.25. The zero-order chi connectivity index (χ0) is 26.3. The number of para-hydroxylation sites is 1. The van der Waals surface area contributed by atoms with E-state index in [1.165, 1.54) is 11.8 Å². The number of fused-ring (bicyclic) bond motifs is 1. The number of anilines is 1. The Morgan fingerprint density at radius 2 is 1.45 bits per heavy atom. The minimum absolute atomic E-state index is 0.0926. The monoisotopic (exact) mass is 507 g/mol. The number of nitrogens with one attached hydrogen (secondary N) is 1. The third-order valence-electron chi connectivity index (χ3n) is 5.76. The van der Waals surface area contributed by atoms with Crippen molar-refractivity contribution in [2.24, 2.45) is 0 Å². The standard InChI is InChI=1S/C31H25NO6/c1-2-21-8-12-25(13-9-21)38-29-19-36-28-18-26(16-17-27(28)31(29)34)35-20-30(33)32-22-10-14-24(15-11-22)37-23-6-4-3-5-7-23/h3-19H,2,20H2,1H3,(H,32,33). The summed E-state index contributed by atoms with van der Waals surface area (Å²) in [7, 11) is 0. The van der Waals surface area contributed by atoms with Crippen LogP contribution in [0, 0.1) is 0 Å². The van der Waals surface area contributed by atoms with Crippen molar-refractivity contribution in [3.63, 3.8) is 0 Å². The van der Waals surface area contributed by atoms with Crippen molar-refractivity contribution >= 4 is 22.6 Å². The molecular weight excluding hydrogens is 482 g/mol. The molecule has 1 amide bonds. The second-order valence-electron chi connectivity index (χ2n) is 8.46. The number of rotatable bonds is 9. The Hall–Kier alpha value is -5.04. The topological polar surface area (TPSA) is 87.0 Å². The lowest BCUT2D eigenvalue weighted by Gasteiger charge is -2.10. The Morgan fingerprint density at radius 3 is 2.18 bits per heavy atom. The minimum Gasteiger partial charge on any atom is -0.484 e. The SMILES string of the molecule is CCc1ccc(Oc2coc3cc(OCC(=O)Nc4ccc(Oc5ccccc5)cc4)ccc3c2=O)cc1. The van der Waals surface area contributed by atoms with Crippen molar-refractivity contribution in [2.45, 2.75) is 13.3 Å². The van der Waals surface area contributed by atoms with E-state index >= 15 is 0 Å². The molecule has 190 valence electrons. The Labute approximate surface area is 219 Å². The van der Waals surface area contributed by atoms with Crippen molar-refractivity contribution in [1.29, 1.82) is 0 Å². The van der Waals surface area contributed by atoms with Crippen LogP contribution in [0.25, 0.3) is 11.0 Å². The van der Waals surface area contributed by atoms with Gasteiger partial charge in [0.05, 0.1) is 5.39 Å². The molecule has 0 aliphatic heterocycles. The lowest BCUT2D eigenvalue weighted by Crippen LogP contribution is -2.20. The molecule has 5 aromatic rings. The van der Waals surface area contributed by atoms with Gasteiger partial charge in [0.25, 0.3) is 5.91 Å². The van der Waals surface area contributed by atoms with Crippen molar-refractivity contribution < 1.29 is 23.4 Å². The summed E-state index contributed by atoms with van der Waals surface area (Å²) in [6, 6.07) is 28.8. The van der Waals surface area contributed by atoms with E-state index in [1.54, 1.807) is 42.5 Å². The fourth-order valence-electron chi connectivity index (χ4n) is 3.75. The summed E-state index contributed by atoms with van der Waals surface area (Å²) < 4.78 is 22.7. The molecule has 5 rings (SSSR count). The maximum absolute atomic E-state index is 12.9. The van der Waals surface area contributed by atoms with Crippen LogP contribution >= 0.6 is 0 Å². The number of carbonyl (C=O) groups is 1. The predicted molar refractivity (Wildman–Crippen MR) is 145 cm³/mol. The summed E-state index contributed by atoms with van der Waals surface area (Å²) >= 11 is 0. The van der Waals surface area contributed by atoms with Gasteiger partial charge in [-0.25, -0.2) is 0 Å². The molecule has 0 saturated heterocycles. The smallest absolute Gasteiger partial charge is 0.262 e. The highest BCUT2D eigenvalue weighted by Gasteiger charge is 2.11. The molecule has 0 spiro atoms. The van der Waals surface area contributed by atoms with Crippen LogP contribution in [0.15, 0.2) is 113 Å². The van der Waals surface area contributed by atoms with Gasteiger partial charge in [-0.05, 0) is 72.6 Å². The summed E-state index contributed by atoms with van der Waals surface area (Å²) in [5, 5.41) is 3.13. The highest BCUT2D eigenvalue weighted by molar-refractivity contribution is 5.92. The summed E-state index contributed by atoms with van der Waals surface area (Å²) in [5.74, 6) is 2.10. The fraction of sp³-hybridized carbons (Fsp3) is 0.0968. The van der Waals surface area contributed by atoms with Crippen molar-refractivity contribution in [3.8, 4) is 28.7 Å². The number of hydrogen-bond donors (Lipinski definition) is 1. The molecule has 0 bridgehead atoms. The summed E-state index contributed by atoms with van der Waals surface area (Å²) in [4.78, 5) is 25.2. The molecule has 0 saturated carbocycles. The van der Waals surface area contributed by atoms with Gasteiger partial charge < -0.3 is 23.9 Å². The molecule has 1 heterocycles. The first-order valence-electron chi connectivity index (χ1n) is 12.2. The Balaban J connectivity index is 1.18. The second-order valence-corrected chi connectivity index (χ2v) is 8.46. The van der Waals surface area contributed by atoms with Gasteiger partial charge >= 0.3 is 0 Å². The minimum atomic E-state index is -0.332. The summed E-state index contributed by atoms with van der Waals surface area (Å²) in [6.07, 6.45) is 2.20. The van der Waals surface area contributed by atoms with E-state index in [1.807, 2.05) is 54.6 Å². The zero-order valence-electron chi connectivity index (χ0n) is 20.7. The number of hydrogen-bond acceptors (Lipinski definition) is 6. The molecule has 1 aromatic heterocycles. The van der Waals surface area contributed by atoms with Gasteiger partial charge in [0.1, 0.15) is 34.8 Å². The average Bonchev–Trinajstić information content (AvgIpc) is 2.95. The van der Waals surface area contributed by atoms with Crippen LogP contribution in [0.1, 0.15) is 12.5 Å². The molecule has 0 aliphatic carbocycles. The zero-order valence-corrected chi connectivity index (χ0v) is 20.7. The first-order chi connectivity index (χ1) is 18.6. The first kappa shape index (κ1) is 24.6. The van der Waals surface area contributed by atoms with Crippen LogP contribution in [0.2, 0.25) is 0 Å².